The summed E-state index contributed by atoms with van der Waals surface area (Å²) in [4.78, 5) is 12.2. The molecule has 0 spiro atoms. The van der Waals surface area contributed by atoms with E-state index in [2.05, 4.69) is 45.3 Å². The van der Waals surface area contributed by atoms with Gasteiger partial charge in [0.2, 0.25) is 5.91 Å². The molecule has 1 heterocycles. The minimum atomic E-state index is 0.0201. The zero-order valence-corrected chi connectivity index (χ0v) is 12.7. The summed E-state index contributed by atoms with van der Waals surface area (Å²) in [6, 6.07) is 0.0201. The third kappa shape index (κ3) is 4.27. The number of hydrogen-bond donors (Lipinski definition) is 2. The van der Waals surface area contributed by atoms with Crippen molar-refractivity contribution in [2.45, 2.75) is 59.9 Å². The quantitative estimate of drug-likeness (QED) is 0.791. The summed E-state index contributed by atoms with van der Waals surface area (Å²) in [5.41, 5.74) is 0.161. The molecule has 1 rings (SSSR count). The Hall–Kier alpha value is -0.570. The van der Waals surface area contributed by atoms with Gasteiger partial charge in [-0.1, -0.05) is 41.0 Å². The molecule has 1 aliphatic rings. The third-order valence-corrected chi connectivity index (χ3v) is 4.69. The number of hydrogen-bond acceptors (Lipinski definition) is 2. The van der Waals surface area contributed by atoms with E-state index < -0.39 is 0 Å². The van der Waals surface area contributed by atoms with Crippen LogP contribution in [-0.2, 0) is 4.79 Å². The topological polar surface area (TPSA) is 41.1 Å². The monoisotopic (exact) mass is 254 g/mol. The van der Waals surface area contributed by atoms with Crippen LogP contribution in [0.1, 0.15) is 53.9 Å². The van der Waals surface area contributed by atoms with Crippen LogP contribution in [0.3, 0.4) is 0 Å². The van der Waals surface area contributed by atoms with E-state index in [1.807, 2.05) is 0 Å². The second kappa shape index (κ2) is 6.55. The minimum Gasteiger partial charge on any atom is -0.354 e. The number of nitrogens with one attached hydrogen (secondary N) is 2. The molecule has 3 heteroatoms. The van der Waals surface area contributed by atoms with Crippen molar-refractivity contribution in [2.75, 3.05) is 13.1 Å². The van der Waals surface area contributed by atoms with Crippen molar-refractivity contribution in [1.29, 1.82) is 0 Å². The summed E-state index contributed by atoms with van der Waals surface area (Å²) < 4.78 is 0. The Balaban J connectivity index is 2.41. The lowest BCUT2D eigenvalue weighted by Crippen LogP contribution is -2.50. The molecule has 1 aliphatic heterocycles. The minimum absolute atomic E-state index is 0.0201. The van der Waals surface area contributed by atoms with E-state index in [-0.39, 0.29) is 17.4 Å². The van der Waals surface area contributed by atoms with Gasteiger partial charge in [-0.15, -0.1) is 0 Å². The lowest BCUT2D eigenvalue weighted by molar-refractivity contribution is -0.124. The lowest BCUT2D eigenvalue weighted by atomic mass is 9.81. The SMILES string of the molecule is CCC1CCNC(C(=O)NCC(C)(C)C(C)C)C1. The maximum absolute atomic E-state index is 12.2. The van der Waals surface area contributed by atoms with Crippen molar-refractivity contribution < 1.29 is 4.79 Å². The summed E-state index contributed by atoms with van der Waals surface area (Å²) in [5, 5.41) is 6.45. The molecule has 18 heavy (non-hydrogen) atoms. The zero-order chi connectivity index (χ0) is 13.8. The molecular formula is C15H30N2O. The summed E-state index contributed by atoms with van der Waals surface area (Å²) in [6.07, 6.45) is 3.38. The molecule has 1 fully saturated rings. The molecule has 0 radical (unpaired) electrons. The second-order valence-corrected chi connectivity index (χ2v) is 6.67. The molecule has 0 saturated carbocycles. The Kier molecular flexibility index (Phi) is 5.64. The zero-order valence-electron chi connectivity index (χ0n) is 12.7. The van der Waals surface area contributed by atoms with Crippen molar-refractivity contribution in [2.24, 2.45) is 17.3 Å². The van der Waals surface area contributed by atoms with Crippen molar-refractivity contribution in [3.8, 4) is 0 Å². The summed E-state index contributed by atoms with van der Waals surface area (Å²) in [5.74, 6) is 1.46. The highest BCUT2D eigenvalue weighted by atomic mass is 16.2. The second-order valence-electron chi connectivity index (χ2n) is 6.67. The average molecular weight is 254 g/mol. The third-order valence-electron chi connectivity index (χ3n) is 4.69. The molecule has 106 valence electrons. The van der Waals surface area contributed by atoms with Gasteiger partial charge in [-0.05, 0) is 36.6 Å². The maximum Gasteiger partial charge on any atom is 0.237 e. The van der Waals surface area contributed by atoms with Gasteiger partial charge in [0.25, 0.3) is 0 Å². The molecule has 0 aromatic heterocycles. The molecule has 1 amide bonds. The molecule has 0 aromatic rings. The molecule has 0 aromatic carbocycles. The van der Waals surface area contributed by atoms with Gasteiger partial charge in [-0.2, -0.15) is 0 Å². The van der Waals surface area contributed by atoms with Gasteiger partial charge in [0.05, 0.1) is 6.04 Å². The van der Waals surface area contributed by atoms with Crippen LogP contribution in [0.15, 0.2) is 0 Å². The van der Waals surface area contributed by atoms with Crippen LogP contribution in [0.4, 0.5) is 0 Å². The highest BCUT2D eigenvalue weighted by Crippen LogP contribution is 2.25. The van der Waals surface area contributed by atoms with E-state index in [4.69, 9.17) is 0 Å². The Morgan fingerprint density at radius 2 is 2.11 bits per heavy atom. The summed E-state index contributed by atoms with van der Waals surface area (Å²) in [6.45, 7) is 12.8. The van der Waals surface area contributed by atoms with E-state index in [0.29, 0.717) is 11.8 Å². The predicted octanol–water partition coefficient (Wildman–Crippen LogP) is 2.56. The number of rotatable bonds is 5. The fraction of sp³-hybridized carbons (Fsp3) is 0.933. The standard InChI is InChI=1S/C15H30N2O/c1-6-12-7-8-16-13(9-12)14(18)17-10-15(4,5)11(2)3/h11-13,16H,6-10H2,1-5H3,(H,17,18). The molecule has 2 N–H and O–H groups in total. The summed E-state index contributed by atoms with van der Waals surface area (Å²) in [7, 11) is 0. The van der Waals surface area contributed by atoms with Gasteiger partial charge < -0.3 is 10.6 Å². The van der Waals surface area contributed by atoms with Crippen molar-refractivity contribution in [3.05, 3.63) is 0 Å². The molecule has 1 saturated heterocycles. The Morgan fingerprint density at radius 1 is 1.44 bits per heavy atom. The fourth-order valence-corrected chi connectivity index (χ4v) is 2.21. The number of carbonyl (C=O) groups excluding carboxylic acids is 1. The number of amides is 1. The lowest BCUT2D eigenvalue weighted by Gasteiger charge is -2.32. The van der Waals surface area contributed by atoms with E-state index >= 15 is 0 Å². The average Bonchev–Trinajstić information content (AvgIpc) is 2.36. The predicted molar refractivity (Wildman–Crippen MR) is 76.4 cm³/mol. The van der Waals surface area contributed by atoms with Gasteiger partial charge in [0.1, 0.15) is 0 Å². The first-order chi connectivity index (χ1) is 8.36. The first-order valence-corrected chi connectivity index (χ1v) is 7.38. The van der Waals surface area contributed by atoms with Crippen molar-refractivity contribution in [3.63, 3.8) is 0 Å². The van der Waals surface area contributed by atoms with Gasteiger partial charge in [0, 0.05) is 6.54 Å². The fourth-order valence-electron chi connectivity index (χ4n) is 2.21. The van der Waals surface area contributed by atoms with E-state index in [1.165, 1.54) is 12.8 Å². The highest BCUT2D eigenvalue weighted by Gasteiger charge is 2.28. The molecular weight excluding hydrogens is 224 g/mol. The van der Waals surface area contributed by atoms with Crippen LogP contribution in [0.5, 0.6) is 0 Å². The first-order valence-electron chi connectivity index (χ1n) is 7.38. The van der Waals surface area contributed by atoms with Gasteiger partial charge >= 0.3 is 0 Å². The largest absolute Gasteiger partial charge is 0.354 e. The highest BCUT2D eigenvalue weighted by molar-refractivity contribution is 5.81. The van der Waals surface area contributed by atoms with Gasteiger partial charge in [-0.3, -0.25) is 4.79 Å². The van der Waals surface area contributed by atoms with E-state index in [0.717, 1.165) is 19.5 Å². The van der Waals surface area contributed by atoms with Crippen molar-refractivity contribution in [1.82, 2.24) is 10.6 Å². The van der Waals surface area contributed by atoms with Crippen LogP contribution in [0.25, 0.3) is 0 Å². The van der Waals surface area contributed by atoms with Crippen molar-refractivity contribution >= 4 is 5.91 Å². The number of carbonyl (C=O) groups is 1. The Morgan fingerprint density at radius 3 is 2.67 bits per heavy atom. The van der Waals surface area contributed by atoms with Crippen LogP contribution >= 0.6 is 0 Å². The summed E-state index contributed by atoms with van der Waals surface area (Å²) >= 11 is 0. The first kappa shape index (κ1) is 15.5. The van der Waals surface area contributed by atoms with Crippen LogP contribution in [0, 0.1) is 17.3 Å². The van der Waals surface area contributed by atoms with E-state index in [1.54, 1.807) is 0 Å². The van der Waals surface area contributed by atoms with E-state index in [9.17, 15) is 4.79 Å². The Bertz CT molecular complexity index is 274. The molecule has 0 bridgehead atoms. The molecule has 2 atom stereocenters. The van der Waals surface area contributed by atoms with Gasteiger partial charge in [0.15, 0.2) is 0 Å². The smallest absolute Gasteiger partial charge is 0.237 e. The molecule has 3 nitrogen and oxygen atoms in total. The van der Waals surface area contributed by atoms with Crippen LogP contribution in [-0.4, -0.2) is 25.0 Å². The van der Waals surface area contributed by atoms with Crippen LogP contribution < -0.4 is 10.6 Å². The normalized spacial score (nSPS) is 25.2. The maximum atomic E-state index is 12.2. The number of piperidine rings is 1. The van der Waals surface area contributed by atoms with Crippen LogP contribution in [0.2, 0.25) is 0 Å². The molecule has 2 unspecified atom stereocenters. The molecule has 0 aliphatic carbocycles. The van der Waals surface area contributed by atoms with Gasteiger partial charge in [-0.25, -0.2) is 0 Å². The Labute approximate surface area is 112 Å².